The number of hydrogen-bond acceptors (Lipinski definition) is 3. The molecule has 1 aliphatic rings. The molecular weight excluding hydrogens is 483 g/mol. The molecule has 198 valence electrons. The maximum atomic E-state index is 14.5. The minimum Gasteiger partial charge on any atom is -0.350 e. The van der Waals surface area contributed by atoms with Gasteiger partial charge in [0.15, 0.2) is 0 Å². The molecule has 0 radical (unpaired) electrons. The third kappa shape index (κ3) is 6.56. The summed E-state index contributed by atoms with van der Waals surface area (Å²) in [6, 6.07) is 19.6. The molecule has 4 rings (SSSR count). The van der Waals surface area contributed by atoms with Crippen LogP contribution in [0.5, 0.6) is 0 Å². The fourth-order valence-corrected chi connectivity index (χ4v) is 4.66. The van der Waals surface area contributed by atoms with E-state index in [-0.39, 0.29) is 24.8 Å². The number of nitrogens with one attached hydrogen (secondary N) is 3. The van der Waals surface area contributed by atoms with Crippen LogP contribution in [0.1, 0.15) is 49.8 Å². The van der Waals surface area contributed by atoms with E-state index in [0.29, 0.717) is 16.9 Å². The molecule has 3 aromatic carbocycles. The van der Waals surface area contributed by atoms with Crippen molar-refractivity contribution in [1.29, 1.82) is 0 Å². The van der Waals surface area contributed by atoms with Crippen LogP contribution in [0.25, 0.3) is 0 Å². The van der Waals surface area contributed by atoms with Crippen molar-refractivity contribution in [2.45, 2.75) is 51.6 Å². The number of carbonyl (C=O) groups excluding carboxylic acids is 3. The van der Waals surface area contributed by atoms with Crippen LogP contribution in [0.2, 0.25) is 0 Å². The van der Waals surface area contributed by atoms with Gasteiger partial charge in [-0.2, -0.15) is 0 Å². The highest BCUT2D eigenvalue weighted by Crippen LogP contribution is 2.39. The van der Waals surface area contributed by atoms with E-state index in [1.54, 1.807) is 18.2 Å². The van der Waals surface area contributed by atoms with Crippen molar-refractivity contribution in [3.63, 3.8) is 0 Å². The van der Waals surface area contributed by atoms with E-state index in [1.165, 1.54) is 17.0 Å². The van der Waals surface area contributed by atoms with Crippen LogP contribution < -0.4 is 20.9 Å². The first-order valence-corrected chi connectivity index (χ1v) is 12.6. The Bertz CT molecular complexity index is 1320. The Morgan fingerprint density at radius 2 is 1.68 bits per heavy atom. The van der Waals surface area contributed by atoms with E-state index in [4.69, 9.17) is 0 Å². The van der Waals surface area contributed by atoms with Crippen LogP contribution >= 0.6 is 0 Å². The maximum absolute atomic E-state index is 14.5. The molecule has 3 aromatic rings. The zero-order chi connectivity index (χ0) is 27.4. The Hall–Kier alpha value is -4.20. The first-order chi connectivity index (χ1) is 18.0. The van der Waals surface area contributed by atoms with Crippen LogP contribution in [0, 0.1) is 12.7 Å². The molecule has 0 spiro atoms. The highest BCUT2D eigenvalue weighted by Gasteiger charge is 2.38. The highest BCUT2D eigenvalue weighted by molar-refractivity contribution is 6.05. The third-order valence-corrected chi connectivity index (χ3v) is 6.33. The standard InChI is InChI=1S/C30H33FN4O3/c1-19-10-13-22(14-11-19)32-29(38)33-25-17-24(20-8-6-5-7-9-20)23-15-12-21(31)16-26(23)35(28(25)37)18-27(36)34-30(2,3)4/h5-16,24-25H,17-18H2,1-4H3,(H,34,36)(H2,32,33,38). The third-order valence-electron chi connectivity index (χ3n) is 6.33. The number of aryl methyl sites for hydroxylation is 1. The minimum absolute atomic E-state index is 0.236. The van der Waals surface area contributed by atoms with Crippen LogP contribution in [-0.2, 0) is 9.59 Å². The van der Waals surface area contributed by atoms with Gasteiger partial charge in [-0.25, -0.2) is 9.18 Å². The van der Waals surface area contributed by atoms with Gasteiger partial charge in [-0.05, 0) is 69.5 Å². The lowest BCUT2D eigenvalue weighted by molar-refractivity contribution is -0.125. The summed E-state index contributed by atoms with van der Waals surface area (Å²) in [6.07, 6.45) is 0.236. The number of halogens is 1. The van der Waals surface area contributed by atoms with Crippen molar-refractivity contribution in [3.05, 3.63) is 95.3 Å². The number of nitrogens with zero attached hydrogens (tertiary/aromatic N) is 1. The Labute approximate surface area is 222 Å². The summed E-state index contributed by atoms with van der Waals surface area (Å²) in [6.45, 7) is 7.16. The SMILES string of the molecule is Cc1ccc(NC(=O)NC2CC(c3ccccc3)c3ccc(F)cc3N(CC(=O)NC(C)(C)C)C2=O)cc1. The number of anilines is 2. The molecule has 38 heavy (non-hydrogen) atoms. The van der Waals surface area contributed by atoms with Gasteiger partial charge in [0.25, 0.3) is 0 Å². The number of urea groups is 1. The van der Waals surface area contributed by atoms with Crippen LogP contribution in [0.4, 0.5) is 20.6 Å². The molecule has 0 bridgehead atoms. The van der Waals surface area contributed by atoms with Gasteiger partial charge >= 0.3 is 6.03 Å². The molecular formula is C30H33FN4O3. The van der Waals surface area contributed by atoms with E-state index in [9.17, 15) is 18.8 Å². The summed E-state index contributed by atoms with van der Waals surface area (Å²) < 4.78 is 14.5. The molecule has 2 unspecified atom stereocenters. The predicted molar refractivity (Wildman–Crippen MR) is 147 cm³/mol. The zero-order valence-electron chi connectivity index (χ0n) is 22.0. The number of amides is 4. The van der Waals surface area contributed by atoms with Gasteiger partial charge in [-0.15, -0.1) is 0 Å². The quantitative estimate of drug-likeness (QED) is 0.440. The summed E-state index contributed by atoms with van der Waals surface area (Å²) in [5.74, 6) is -1.72. The second kappa shape index (κ2) is 11.0. The molecule has 2 atom stereocenters. The molecule has 0 fully saturated rings. The first-order valence-electron chi connectivity index (χ1n) is 12.6. The molecule has 0 saturated heterocycles. The molecule has 1 heterocycles. The highest BCUT2D eigenvalue weighted by atomic mass is 19.1. The average molecular weight is 517 g/mol. The van der Waals surface area contributed by atoms with Gasteiger partial charge in [-0.1, -0.05) is 54.1 Å². The molecule has 0 aliphatic carbocycles. The van der Waals surface area contributed by atoms with Crippen LogP contribution in [-0.4, -0.2) is 36.0 Å². The normalized spacial score (nSPS) is 17.3. The second-order valence-corrected chi connectivity index (χ2v) is 10.6. The first kappa shape index (κ1) is 26.9. The molecule has 7 nitrogen and oxygen atoms in total. The van der Waals surface area contributed by atoms with Crippen LogP contribution in [0.15, 0.2) is 72.8 Å². The largest absolute Gasteiger partial charge is 0.350 e. The van der Waals surface area contributed by atoms with Crippen molar-refractivity contribution in [3.8, 4) is 0 Å². The number of carbonyl (C=O) groups is 3. The van der Waals surface area contributed by atoms with Crippen LogP contribution in [0.3, 0.4) is 0 Å². The van der Waals surface area contributed by atoms with Gasteiger partial charge in [0.1, 0.15) is 18.4 Å². The summed E-state index contributed by atoms with van der Waals surface area (Å²) in [7, 11) is 0. The number of benzene rings is 3. The Kier molecular flexibility index (Phi) is 7.80. The number of rotatable bonds is 5. The lowest BCUT2D eigenvalue weighted by Gasteiger charge is -2.28. The van der Waals surface area contributed by atoms with Crippen molar-refractivity contribution in [2.75, 3.05) is 16.8 Å². The predicted octanol–water partition coefficient (Wildman–Crippen LogP) is 5.11. The van der Waals surface area contributed by atoms with Crippen molar-refractivity contribution in [2.24, 2.45) is 0 Å². The molecule has 8 heteroatoms. The van der Waals surface area contributed by atoms with Crippen molar-refractivity contribution < 1.29 is 18.8 Å². The topological polar surface area (TPSA) is 90.5 Å². The van der Waals surface area contributed by atoms with Crippen molar-refractivity contribution >= 4 is 29.2 Å². The summed E-state index contributed by atoms with van der Waals surface area (Å²) in [5, 5.41) is 8.44. The fraction of sp³-hybridized carbons (Fsp3) is 0.300. The second-order valence-electron chi connectivity index (χ2n) is 10.6. The van der Waals surface area contributed by atoms with Crippen molar-refractivity contribution in [1.82, 2.24) is 10.6 Å². The minimum atomic E-state index is -0.969. The van der Waals surface area contributed by atoms with E-state index >= 15 is 0 Å². The number of hydrogen-bond donors (Lipinski definition) is 3. The summed E-state index contributed by atoms with van der Waals surface area (Å²) >= 11 is 0. The van der Waals surface area contributed by atoms with E-state index in [2.05, 4.69) is 16.0 Å². The van der Waals surface area contributed by atoms with E-state index in [1.807, 2.05) is 70.2 Å². The molecule has 4 amide bonds. The molecule has 0 aromatic heterocycles. The monoisotopic (exact) mass is 516 g/mol. The fourth-order valence-electron chi connectivity index (χ4n) is 4.66. The molecule has 0 saturated carbocycles. The van der Waals surface area contributed by atoms with Gasteiger partial charge in [-0.3, -0.25) is 9.59 Å². The summed E-state index contributed by atoms with van der Waals surface area (Å²) in [4.78, 5) is 41.1. The van der Waals surface area contributed by atoms with Gasteiger partial charge in [0.05, 0.1) is 5.69 Å². The number of fused-ring (bicyclic) bond motifs is 1. The zero-order valence-corrected chi connectivity index (χ0v) is 22.0. The van der Waals surface area contributed by atoms with E-state index < -0.39 is 29.3 Å². The van der Waals surface area contributed by atoms with Gasteiger partial charge in [0.2, 0.25) is 11.8 Å². The Morgan fingerprint density at radius 3 is 2.34 bits per heavy atom. The van der Waals surface area contributed by atoms with E-state index in [0.717, 1.165) is 11.1 Å². The van der Waals surface area contributed by atoms with Gasteiger partial charge < -0.3 is 20.9 Å². The average Bonchev–Trinajstić information content (AvgIpc) is 2.95. The Morgan fingerprint density at radius 1 is 1.00 bits per heavy atom. The maximum Gasteiger partial charge on any atom is 0.319 e. The lowest BCUT2D eigenvalue weighted by atomic mass is 9.86. The smallest absolute Gasteiger partial charge is 0.319 e. The molecule has 1 aliphatic heterocycles. The Balaban J connectivity index is 1.71. The summed E-state index contributed by atoms with van der Waals surface area (Å²) in [5.41, 5.74) is 3.05. The lowest BCUT2D eigenvalue weighted by Crippen LogP contribution is -2.53. The molecule has 3 N–H and O–H groups in total. The van der Waals surface area contributed by atoms with Gasteiger partial charge in [0, 0.05) is 17.1 Å².